The Bertz CT molecular complexity index is 540. The number of rotatable bonds is 6. The summed E-state index contributed by atoms with van der Waals surface area (Å²) < 4.78 is 0. The molecule has 2 aromatic rings. The zero-order valence-corrected chi connectivity index (χ0v) is 14.3. The molecule has 21 heavy (non-hydrogen) atoms. The van der Waals surface area contributed by atoms with E-state index >= 15 is 0 Å². The maximum Gasteiger partial charge on any atom is 0.0948 e. The molecule has 0 aliphatic rings. The van der Waals surface area contributed by atoms with E-state index < -0.39 is 0 Å². The van der Waals surface area contributed by atoms with Gasteiger partial charge in [0.15, 0.2) is 0 Å². The Morgan fingerprint density at radius 3 is 2.52 bits per heavy atom. The van der Waals surface area contributed by atoms with Gasteiger partial charge in [0.1, 0.15) is 0 Å². The van der Waals surface area contributed by atoms with E-state index in [2.05, 4.69) is 62.7 Å². The van der Waals surface area contributed by atoms with E-state index in [9.17, 15) is 0 Å². The van der Waals surface area contributed by atoms with Gasteiger partial charge in [-0.05, 0) is 18.4 Å². The summed E-state index contributed by atoms with van der Waals surface area (Å²) in [5.74, 6) is 0. The summed E-state index contributed by atoms with van der Waals surface area (Å²) in [4.78, 5) is 4.82. The van der Waals surface area contributed by atoms with Crippen molar-refractivity contribution in [2.75, 3.05) is 6.54 Å². The normalized spacial score (nSPS) is 13.3. The number of thiazole rings is 1. The molecule has 0 radical (unpaired) electrons. The average Bonchev–Trinajstić information content (AvgIpc) is 2.92. The van der Waals surface area contributed by atoms with E-state index in [1.807, 2.05) is 6.07 Å². The highest BCUT2D eigenvalue weighted by Gasteiger charge is 2.25. The van der Waals surface area contributed by atoms with E-state index in [1.54, 1.807) is 11.3 Å². The molecule has 2 rings (SSSR count). The summed E-state index contributed by atoms with van der Waals surface area (Å²) in [5, 5.41) is 7.06. The Hall–Kier alpha value is -1.19. The van der Waals surface area contributed by atoms with Crippen LogP contribution in [0, 0.1) is 5.41 Å². The van der Waals surface area contributed by atoms with Gasteiger partial charge in [-0.25, -0.2) is 4.98 Å². The summed E-state index contributed by atoms with van der Waals surface area (Å²) in [6.07, 6.45) is 2.17. The number of nitrogens with zero attached hydrogens (tertiary/aromatic N) is 1. The van der Waals surface area contributed by atoms with Gasteiger partial charge in [-0.3, -0.25) is 0 Å². The summed E-state index contributed by atoms with van der Waals surface area (Å²) in [6.45, 7) is 10.2. The smallest absolute Gasteiger partial charge is 0.0948 e. The van der Waals surface area contributed by atoms with Gasteiger partial charge in [0.05, 0.1) is 10.7 Å². The lowest BCUT2D eigenvalue weighted by Gasteiger charge is -2.31. The van der Waals surface area contributed by atoms with Crippen LogP contribution in [0.5, 0.6) is 0 Å². The van der Waals surface area contributed by atoms with Crippen molar-refractivity contribution in [3.63, 3.8) is 0 Å². The Balaban J connectivity index is 2.10. The number of benzene rings is 1. The molecule has 0 spiro atoms. The molecule has 1 heterocycles. The molecular weight excluding hydrogens is 276 g/mol. The Kier molecular flexibility index (Phi) is 5.54. The van der Waals surface area contributed by atoms with Crippen LogP contribution in [0.25, 0.3) is 11.3 Å². The van der Waals surface area contributed by atoms with Crippen LogP contribution < -0.4 is 5.32 Å². The second-order valence-corrected chi connectivity index (χ2v) is 7.51. The van der Waals surface area contributed by atoms with Crippen LogP contribution >= 0.6 is 11.3 Å². The van der Waals surface area contributed by atoms with E-state index in [0.29, 0.717) is 6.04 Å². The summed E-state index contributed by atoms with van der Waals surface area (Å²) in [6, 6.07) is 10.9. The van der Waals surface area contributed by atoms with Gasteiger partial charge in [0, 0.05) is 23.4 Å². The van der Waals surface area contributed by atoms with Crippen LogP contribution in [0.1, 0.15) is 39.1 Å². The first-order valence-electron chi connectivity index (χ1n) is 7.74. The number of aromatic nitrogens is 1. The van der Waals surface area contributed by atoms with E-state index in [1.165, 1.54) is 17.0 Å². The van der Waals surface area contributed by atoms with E-state index in [-0.39, 0.29) is 5.41 Å². The maximum atomic E-state index is 4.82. The molecule has 0 saturated heterocycles. The zero-order valence-electron chi connectivity index (χ0n) is 13.5. The van der Waals surface area contributed by atoms with Crippen LogP contribution in [-0.4, -0.2) is 17.6 Å². The van der Waals surface area contributed by atoms with Crippen LogP contribution in [0.2, 0.25) is 0 Å². The van der Waals surface area contributed by atoms with Gasteiger partial charge in [-0.2, -0.15) is 0 Å². The van der Waals surface area contributed by atoms with Crippen molar-refractivity contribution >= 4 is 11.3 Å². The van der Waals surface area contributed by atoms with Gasteiger partial charge in [-0.1, -0.05) is 58.0 Å². The van der Waals surface area contributed by atoms with E-state index in [4.69, 9.17) is 4.98 Å². The SMILES string of the molecule is CCCNC(Cc1nc(-c2ccccc2)cs1)C(C)(C)C. The molecule has 0 fully saturated rings. The second-order valence-electron chi connectivity index (χ2n) is 6.57. The van der Waals surface area contributed by atoms with Gasteiger partial charge in [0.2, 0.25) is 0 Å². The molecule has 1 atom stereocenters. The van der Waals surface area contributed by atoms with E-state index in [0.717, 1.165) is 18.7 Å². The highest BCUT2D eigenvalue weighted by atomic mass is 32.1. The molecule has 3 heteroatoms. The lowest BCUT2D eigenvalue weighted by atomic mass is 9.85. The van der Waals surface area contributed by atoms with Crippen LogP contribution in [0.4, 0.5) is 0 Å². The Labute approximate surface area is 132 Å². The van der Waals surface area contributed by atoms with Crippen LogP contribution in [-0.2, 0) is 6.42 Å². The average molecular weight is 302 g/mol. The minimum absolute atomic E-state index is 0.244. The molecule has 1 aromatic carbocycles. The Morgan fingerprint density at radius 2 is 1.90 bits per heavy atom. The van der Waals surface area contributed by atoms with Crippen molar-refractivity contribution in [3.05, 3.63) is 40.7 Å². The predicted molar refractivity (Wildman–Crippen MR) is 92.8 cm³/mol. The van der Waals surface area contributed by atoms with Crippen molar-refractivity contribution in [3.8, 4) is 11.3 Å². The maximum absolute atomic E-state index is 4.82. The second kappa shape index (κ2) is 7.19. The van der Waals surface area contributed by atoms with Crippen molar-refractivity contribution in [2.24, 2.45) is 5.41 Å². The van der Waals surface area contributed by atoms with Crippen LogP contribution in [0.15, 0.2) is 35.7 Å². The Morgan fingerprint density at radius 1 is 1.19 bits per heavy atom. The highest BCUT2D eigenvalue weighted by molar-refractivity contribution is 7.09. The van der Waals surface area contributed by atoms with Crippen molar-refractivity contribution in [2.45, 2.75) is 46.6 Å². The number of hydrogen-bond donors (Lipinski definition) is 1. The first-order valence-corrected chi connectivity index (χ1v) is 8.62. The predicted octanol–water partition coefficient (Wildman–Crippen LogP) is 4.77. The van der Waals surface area contributed by atoms with Gasteiger partial charge in [0.25, 0.3) is 0 Å². The molecule has 2 nitrogen and oxygen atoms in total. The summed E-state index contributed by atoms with van der Waals surface area (Å²) in [5.41, 5.74) is 2.54. The monoisotopic (exact) mass is 302 g/mol. The van der Waals surface area contributed by atoms with Gasteiger partial charge < -0.3 is 5.32 Å². The van der Waals surface area contributed by atoms with Gasteiger partial charge in [-0.15, -0.1) is 11.3 Å². The highest BCUT2D eigenvalue weighted by Crippen LogP contribution is 2.26. The molecule has 1 N–H and O–H groups in total. The molecule has 114 valence electrons. The summed E-state index contributed by atoms with van der Waals surface area (Å²) >= 11 is 1.77. The molecule has 0 aliphatic carbocycles. The topological polar surface area (TPSA) is 24.9 Å². The minimum Gasteiger partial charge on any atom is -0.313 e. The molecule has 1 unspecified atom stereocenters. The third-order valence-corrected chi connectivity index (χ3v) is 4.56. The third kappa shape index (κ3) is 4.65. The molecule has 0 bridgehead atoms. The number of hydrogen-bond acceptors (Lipinski definition) is 3. The molecular formula is C18H26N2S. The van der Waals surface area contributed by atoms with Crippen molar-refractivity contribution < 1.29 is 0 Å². The molecule has 0 saturated carbocycles. The van der Waals surface area contributed by atoms with Gasteiger partial charge >= 0.3 is 0 Å². The quantitative estimate of drug-likeness (QED) is 0.831. The lowest BCUT2D eigenvalue weighted by Crippen LogP contribution is -2.42. The molecule has 0 aliphatic heterocycles. The largest absolute Gasteiger partial charge is 0.313 e. The fourth-order valence-corrected chi connectivity index (χ4v) is 3.17. The first kappa shape index (κ1) is 16.2. The molecule has 1 aromatic heterocycles. The lowest BCUT2D eigenvalue weighted by molar-refractivity contribution is 0.266. The minimum atomic E-state index is 0.244. The summed E-state index contributed by atoms with van der Waals surface area (Å²) in [7, 11) is 0. The van der Waals surface area contributed by atoms with Crippen molar-refractivity contribution in [1.29, 1.82) is 0 Å². The van der Waals surface area contributed by atoms with Crippen LogP contribution in [0.3, 0.4) is 0 Å². The fraction of sp³-hybridized carbons (Fsp3) is 0.500. The third-order valence-electron chi connectivity index (χ3n) is 3.69. The number of nitrogens with one attached hydrogen (secondary N) is 1. The standard InChI is InChI=1S/C18H26N2S/c1-5-11-19-16(18(2,3)4)12-17-20-15(13-21-17)14-9-7-6-8-10-14/h6-10,13,16,19H,5,11-12H2,1-4H3. The molecule has 0 amide bonds. The van der Waals surface area contributed by atoms with Crippen molar-refractivity contribution in [1.82, 2.24) is 10.3 Å². The first-order chi connectivity index (χ1) is 10.0. The fourth-order valence-electron chi connectivity index (χ4n) is 2.32. The zero-order chi connectivity index (χ0) is 15.3.